The molecule has 1 atom stereocenters. The summed E-state index contributed by atoms with van der Waals surface area (Å²) in [6.07, 6.45) is -0.302. The molecule has 0 aliphatic carbocycles. The molecule has 0 aliphatic heterocycles. The number of nitrogens with zero attached hydrogens (tertiary/aromatic N) is 1. The van der Waals surface area contributed by atoms with E-state index in [0.717, 1.165) is 6.54 Å². The van der Waals surface area contributed by atoms with Gasteiger partial charge in [-0.1, -0.05) is 32.0 Å². The summed E-state index contributed by atoms with van der Waals surface area (Å²) < 4.78 is 0. The zero-order valence-electron chi connectivity index (χ0n) is 10.1. The Morgan fingerprint density at radius 2 is 1.80 bits per heavy atom. The van der Waals surface area contributed by atoms with E-state index in [1.54, 1.807) is 0 Å². The van der Waals surface area contributed by atoms with Crippen molar-refractivity contribution in [2.75, 3.05) is 18.5 Å². The highest BCUT2D eigenvalue weighted by Gasteiger charge is 2.25. The predicted octanol–water partition coefficient (Wildman–Crippen LogP) is 2.53. The highest BCUT2D eigenvalue weighted by Crippen LogP contribution is 2.24. The lowest BCUT2D eigenvalue weighted by atomic mass is 9.87. The van der Waals surface area contributed by atoms with Crippen molar-refractivity contribution in [2.45, 2.75) is 26.9 Å². The van der Waals surface area contributed by atoms with Gasteiger partial charge >= 0.3 is 0 Å². The van der Waals surface area contributed by atoms with Crippen LogP contribution in [-0.2, 0) is 0 Å². The molecule has 1 N–H and O–H groups in total. The molecule has 0 saturated carbocycles. The molecule has 0 bridgehead atoms. The van der Waals surface area contributed by atoms with Crippen LogP contribution in [0.4, 0.5) is 5.69 Å². The van der Waals surface area contributed by atoms with E-state index < -0.39 is 0 Å². The van der Waals surface area contributed by atoms with Crippen LogP contribution in [0.25, 0.3) is 0 Å². The molecule has 0 radical (unpaired) electrons. The summed E-state index contributed by atoms with van der Waals surface area (Å²) in [5.74, 6) is 0. The topological polar surface area (TPSA) is 23.5 Å². The van der Waals surface area contributed by atoms with Gasteiger partial charge in [-0.25, -0.2) is 0 Å². The van der Waals surface area contributed by atoms with Crippen molar-refractivity contribution in [1.29, 1.82) is 0 Å². The summed E-state index contributed by atoms with van der Waals surface area (Å²) >= 11 is 0. The second kappa shape index (κ2) is 4.67. The molecule has 84 valence electrons. The molecule has 2 heteroatoms. The average Bonchev–Trinajstić information content (AvgIpc) is 2.18. The molecule has 0 heterocycles. The van der Waals surface area contributed by atoms with Crippen molar-refractivity contribution in [2.24, 2.45) is 5.41 Å². The molecule has 0 saturated heterocycles. The van der Waals surface area contributed by atoms with Crippen LogP contribution in [0.5, 0.6) is 0 Å². The Balaban J connectivity index is 2.68. The van der Waals surface area contributed by atoms with Crippen molar-refractivity contribution in [3.8, 4) is 0 Å². The van der Waals surface area contributed by atoms with Gasteiger partial charge < -0.3 is 10.0 Å². The fourth-order valence-corrected chi connectivity index (χ4v) is 1.52. The maximum atomic E-state index is 9.65. The number of hydrogen-bond acceptors (Lipinski definition) is 2. The average molecular weight is 207 g/mol. The zero-order valence-corrected chi connectivity index (χ0v) is 10.1. The third-order valence-corrected chi connectivity index (χ3v) is 2.97. The van der Waals surface area contributed by atoms with Gasteiger partial charge in [0.1, 0.15) is 0 Å². The Kier molecular flexibility index (Phi) is 3.75. The first kappa shape index (κ1) is 12.1. The molecule has 0 amide bonds. The minimum Gasteiger partial charge on any atom is -0.393 e. The van der Waals surface area contributed by atoms with Gasteiger partial charge in [0.2, 0.25) is 0 Å². The van der Waals surface area contributed by atoms with Gasteiger partial charge in [-0.3, -0.25) is 0 Å². The molecule has 1 aromatic carbocycles. The lowest BCUT2D eigenvalue weighted by molar-refractivity contribution is 0.0718. The molecule has 1 rings (SSSR count). The van der Waals surface area contributed by atoms with Crippen molar-refractivity contribution < 1.29 is 5.11 Å². The number of benzene rings is 1. The molecule has 0 aliphatic rings. The monoisotopic (exact) mass is 207 g/mol. The third kappa shape index (κ3) is 3.24. The minimum absolute atomic E-state index is 0.0927. The number of rotatable bonds is 4. The SMILES string of the molecule is CC(O)C(C)(C)CN(C)c1ccccc1. The van der Waals surface area contributed by atoms with Crippen LogP contribution in [0.2, 0.25) is 0 Å². The quantitative estimate of drug-likeness (QED) is 0.820. The molecule has 0 fully saturated rings. The van der Waals surface area contributed by atoms with Crippen molar-refractivity contribution in [3.63, 3.8) is 0 Å². The number of aliphatic hydroxyl groups excluding tert-OH is 1. The van der Waals surface area contributed by atoms with E-state index in [0.29, 0.717) is 0 Å². The Hall–Kier alpha value is -1.02. The number of para-hydroxylation sites is 1. The van der Waals surface area contributed by atoms with Crippen LogP contribution in [-0.4, -0.2) is 24.8 Å². The highest BCUT2D eigenvalue weighted by molar-refractivity contribution is 5.45. The zero-order chi connectivity index (χ0) is 11.5. The summed E-state index contributed by atoms with van der Waals surface area (Å²) in [5.41, 5.74) is 1.09. The smallest absolute Gasteiger partial charge is 0.0579 e. The largest absolute Gasteiger partial charge is 0.393 e. The van der Waals surface area contributed by atoms with Gasteiger partial charge in [0.05, 0.1) is 6.10 Å². The van der Waals surface area contributed by atoms with E-state index in [1.165, 1.54) is 5.69 Å². The molecule has 1 aromatic rings. The molecular formula is C13H21NO. The molecule has 0 aromatic heterocycles. The molecule has 0 spiro atoms. The predicted molar refractivity (Wildman–Crippen MR) is 65.2 cm³/mol. The second-order valence-electron chi connectivity index (χ2n) is 4.86. The Bertz CT molecular complexity index is 293. The van der Waals surface area contributed by atoms with Crippen LogP contribution in [0.3, 0.4) is 0 Å². The fourth-order valence-electron chi connectivity index (χ4n) is 1.52. The van der Waals surface area contributed by atoms with E-state index in [2.05, 4.69) is 37.9 Å². The summed E-state index contributed by atoms with van der Waals surface area (Å²) in [5, 5.41) is 9.65. The number of aliphatic hydroxyl groups is 1. The maximum Gasteiger partial charge on any atom is 0.0579 e. The van der Waals surface area contributed by atoms with E-state index in [9.17, 15) is 5.11 Å². The lowest BCUT2D eigenvalue weighted by Crippen LogP contribution is -2.38. The van der Waals surface area contributed by atoms with Crippen LogP contribution in [0.1, 0.15) is 20.8 Å². The van der Waals surface area contributed by atoms with Gasteiger partial charge in [0.15, 0.2) is 0 Å². The van der Waals surface area contributed by atoms with Gasteiger partial charge in [-0.15, -0.1) is 0 Å². The molecule has 1 unspecified atom stereocenters. The Labute approximate surface area is 92.5 Å². The van der Waals surface area contributed by atoms with Crippen molar-refractivity contribution >= 4 is 5.69 Å². The third-order valence-electron chi connectivity index (χ3n) is 2.97. The minimum atomic E-state index is -0.302. The summed E-state index contributed by atoms with van der Waals surface area (Å²) in [7, 11) is 2.06. The fraction of sp³-hybridized carbons (Fsp3) is 0.538. The van der Waals surface area contributed by atoms with Crippen molar-refractivity contribution in [1.82, 2.24) is 0 Å². The van der Waals surface area contributed by atoms with Crippen molar-refractivity contribution in [3.05, 3.63) is 30.3 Å². The van der Waals surface area contributed by atoms with Crippen LogP contribution < -0.4 is 4.90 Å². The number of hydrogen-bond donors (Lipinski definition) is 1. The summed E-state index contributed by atoms with van der Waals surface area (Å²) in [6.45, 7) is 6.85. The van der Waals surface area contributed by atoms with E-state index in [1.807, 2.05) is 25.1 Å². The summed E-state index contributed by atoms with van der Waals surface area (Å²) in [6, 6.07) is 10.2. The van der Waals surface area contributed by atoms with Crippen LogP contribution >= 0.6 is 0 Å². The van der Waals surface area contributed by atoms with Gasteiger partial charge in [-0.2, -0.15) is 0 Å². The maximum absolute atomic E-state index is 9.65. The molecule has 15 heavy (non-hydrogen) atoms. The normalized spacial score (nSPS) is 13.7. The first-order valence-corrected chi connectivity index (χ1v) is 5.38. The Morgan fingerprint density at radius 1 is 1.27 bits per heavy atom. The van der Waals surface area contributed by atoms with Gasteiger partial charge in [-0.05, 0) is 19.1 Å². The highest BCUT2D eigenvalue weighted by atomic mass is 16.3. The standard InChI is InChI=1S/C13H21NO/c1-11(15)13(2,3)10-14(4)12-8-6-5-7-9-12/h5-9,11,15H,10H2,1-4H3. The second-order valence-corrected chi connectivity index (χ2v) is 4.86. The van der Waals surface area contributed by atoms with Crippen LogP contribution in [0, 0.1) is 5.41 Å². The first-order chi connectivity index (χ1) is 6.93. The van der Waals surface area contributed by atoms with Crippen LogP contribution in [0.15, 0.2) is 30.3 Å². The van der Waals surface area contributed by atoms with E-state index in [-0.39, 0.29) is 11.5 Å². The molecule has 2 nitrogen and oxygen atoms in total. The Morgan fingerprint density at radius 3 is 2.27 bits per heavy atom. The van der Waals surface area contributed by atoms with Gasteiger partial charge in [0.25, 0.3) is 0 Å². The molecular weight excluding hydrogens is 186 g/mol. The number of anilines is 1. The van der Waals surface area contributed by atoms with E-state index in [4.69, 9.17) is 0 Å². The first-order valence-electron chi connectivity index (χ1n) is 5.38. The lowest BCUT2D eigenvalue weighted by Gasteiger charge is -2.33. The summed E-state index contributed by atoms with van der Waals surface area (Å²) in [4.78, 5) is 2.17. The van der Waals surface area contributed by atoms with Gasteiger partial charge in [0, 0.05) is 24.7 Å². The van der Waals surface area contributed by atoms with E-state index >= 15 is 0 Å².